The molecule has 1 spiro atoms. The Hall–Kier alpha value is -4.88. The molecule has 4 saturated carbocycles. The van der Waals surface area contributed by atoms with Gasteiger partial charge in [-0.25, -0.2) is 0 Å². The highest BCUT2D eigenvalue weighted by molar-refractivity contribution is 6.10. The minimum absolute atomic E-state index is 0.227. The summed E-state index contributed by atoms with van der Waals surface area (Å²) < 4.78 is 2.43. The highest BCUT2D eigenvalue weighted by Crippen LogP contribution is 2.69. The molecule has 0 unspecified atom stereocenters. The summed E-state index contributed by atoms with van der Waals surface area (Å²) in [5.74, 6) is 3.54. The van der Waals surface area contributed by atoms with E-state index in [9.17, 15) is 0 Å². The zero-order valence-corrected chi connectivity index (χ0v) is 26.6. The van der Waals surface area contributed by atoms with Crippen LogP contribution < -0.4 is 0 Å². The van der Waals surface area contributed by atoms with Gasteiger partial charge in [-0.2, -0.15) is 0 Å². The van der Waals surface area contributed by atoms with Crippen LogP contribution in [0.25, 0.3) is 60.9 Å². The molecule has 5 aliphatic rings. The minimum Gasteiger partial charge on any atom is -0.309 e. The molecule has 1 aromatic heterocycles. The number of benzene rings is 6. The second-order valence-electron chi connectivity index (χ2n) is 15.0. The Morgan fingerprint density at radius 1 is 0.426 bits per heavy atom. The number of fused-ring (bicyclic) bond motifs is 6. The van der Waals surface area contributed by atoms with E-state index in [4.69, 9.17) is 0 Å². The lowest BCUT2D eigenvalue weighted by atomic mass is 9.43. The third kappa shape index (κ3) is 3.55. The Morgan fingerprint density at radius 2 is 1.02 bits per heavy atom. The molecule has 5 aliphatic carbocycles. The van der Waals surface area contributed by atoms with Crippen molar-refractivity contribution in [2.45, 2.75) is 37.5 Å². The maximum atomic E-state index is 2.55. The van der Waals surface area contributed by atoms with Gasteiger partial charge in [-0.05, 0) is 137 Å². The monoisotopic (exact) mass is 603 g/mol. The zero-order valence-electron chi connectivity index (χ0n) is 26.6. The van der Waals surface area contributed by atoms with E-state index in [-0.39, 0.29) is 5.41 Å². The molecule has 226 valence electrons. The normalized spacial score (nSPS) is 25.1. The van der Waals surface area contributed by atoms with Crippen LogP contribution in [0.2, 0.25) is 0 Å². The number of hydrogen-bond donors (Lipinski definition) is 0. The van der Waals surface area contributed by atoms with Crippen LogP contribution in [-0.4, -0.2) is 4.57 Å². The minimum atomic E-state index is 0.227. The van der Waals surface area contributed by atoms with E-state index in [0.717, 1.165) is 23.7 Å². The topological polar surface area (TPSA) is 4.93 Å². The smallest absolute Gasteiger partial charge is 0.0541 e. The molecule has 0 aliphatic heterocycles. The van der Waals surface area contributed by atoms with Gasteiger partial charge in [0, 0.05) is 21.9 Å². The Morgan fingerprint density at radius 3 is 1.83 bits per heavy atom. The van der Waals surface area contributed by atoms with Crippen molar-refractivity contribution in [2.24, 2.45) is 23.7 Å². The summed E-state index contributed by atoms with van der Waals surface area (Å²) in [4.78, 5) is 0. The van der Waals surface area contributed by atoms with E-state index < -0.39 is 0 Å². The Balaban J connectivity index is 1.04. The van der Waals surface area contributed by atoms with Crippen molar-refractivity contribution in [1.82, 2.24) is 4.57 Å². The second kappa shape index (κ2) is 9.58. The zero-order chi connectivity index (χ0) is 30.7. The van der Waals surface area contributed by atoms with Gasteiger partial charge in [0.1, 0.15) is 0 Å². The van der Waals surface area contributed by atoms with E-state index in [1.807, 2.05) is 0 Å². The molecule has 0 amide bonds. The molecule has 0 N–H and O–H groups in total. The first-order valence-corrected chi connectivity index (χ1v) is 17.7. The average molecular weight is 604 g/mol. The van der Waals surface area contributed by atoms with Crippen LogP contribution in [-0.2, 0) is 5.41 Å². The molecule has 0 saturated heterocycles. The summed E-state index contributed by atoms with van der Waals surface area (Å²) in [6.07, 6.45) is 7.21. The lowest BCUT2D eigenvalue weighted by molar-refractivity contribution is -0.0399. The highest BCUT2D eigenvalue weighted by atomic mass is 15.0. The second-order valence-corrected chi connectivity index (χ2v) is 15.0. The van der Waals surface area contributed by atoms with E-state index in [0.29, 0.717) is 0 Å². The molecule has 12 rings (SSSR count). The number of rotatable bonds is 3. The van der Waals surface area contributed by atoms with Gasteiger partial charge in [-0.1, -0.05) is 103 Å². The SMILES string of the molecule is c1ccc(-c2ccc(-n3c4ccccc4c4cc(-c5ccc6c(c5)-c5ccccc5C65C6CC7CC(C6)CC5C7)ccc43)cc2)cc1. The predicted octanol–water partition coefficient (Wildman–Crippen LogP) is 11.8. The maximum absolute atomic E-state index is 2.55. The van der Waals surface area contributed by atoms with Crippen molar-refractivity contribution in [1.29, 1.82) is 0 Å². The van der Waals surface area contributed by atoms with Gasteiger partial charge in [-0.15, -0.1) is 0 Å². The van der Waals surface area contributed by atoms with Gasteiger partial charge >= 0.3 is 0 Å². The molecular weight excluding hydrogens is 567 g/mol. The lowest BCUT2D eigenvalue weighted by Crippen LogP contribution is -2.55. The van der Waals surface area contributed by atoms with Crippen LogP contribution in [0.15, 0.2) is 140 Å². The van der Waals surface area contributed by atoms with E-state index in [2.05, 4.69) is 144 Å². The molecule has 4 bridgehead atoms. The van der Waals surface area contributed by atoms with Crippen molar-refractivity contribution < 1.29 is 0 Å². The lowest BCUT2D eigenvalue weighted by Gasteiger charge is -2.61. The number of aromatic nitrogens is 1. The predicted molar refractivity (Wildman–Crippen MR) is 195 cm³/mol. The first kappa shape index (κ1) is 26.2. The fourth-order valence-electron chi connectivity index (χ4n) is 11.2. The molecule has 7 aromatic rings. The molecule has 6 aromatic carbocycles. The standard InChI is InChI=1S/C46H37N/c1-2-8-31(9-3-1)32-14-18-37(19-15-32)47-44-13-7-5-11-39(44)41-28-34(17-21-45(41)47)33-16-20-43-40(27-33)38-10-4-6-12-42(38)46(43)35-23-29-22-30(25-35)26-36(46)24-29/h1-21,27-30,35-36H,22-26H2. The average Bonchev–Trinajstić information content (AvgIpc) is 3.61. The van der Waals surface area contributed by atoms with Crippen LogP contribution in [0.3, 0.4) is 0 Å². The van der Waals surface area contributed by atoms with Crippen LogP contribution in [0.4, 0.5) is 0 Å². The van der Waals surface area contributed by atoms with Crippen LogP contribution in [0.5, 0.6) is 0 Å². The number of para-hydroxylation sites is 1. The van der Waals surface area contributed by atoms with Crippen molar-refractivity contribution in [2.75, 3.05) is 0 Å². The Bertz CT molecular complexity index is 2330. The number of nitrogens with zero attached hydrogens (tertiary/aromatic N) is 1. The molecule has 47 heavy (non-hydrogen) atoms. The van der Waals surface area contributed by atoms with Crippen molar-refractivity contribution in [3.8, 4) is 39.1 Å². The molecule has 0 atom stereocenters. The number of hydrogen-bond acceptors (Lipinski definition) is 0. The summed E-state index contributed by atoms with van der Waals surface area (Å²) >= 11 is 0. The quantitative estimate of drug-likeness (QED) is 0.189. The van der Waals surface area contributed by atoms with E-state index in [1.54, 1.807) is 11.1 Å². The van der Waals surface area contributed by atoms with Crippen molar-refractivity contribution in [3.63, 3.8) is 0 Å². The van der Waals surface area contributed by atoms with Gasteiger partial charge in [0.05, 0.1) is 11.0 Å². The third-order valence-corrected chi connectivity index (χ3v) is 12.8. The fraction of sp³-hybridized carbons (Fsp3) is 0.217. The summed E-state index contributed by atoms with van der Waals surface area (Å²) in [6.45, 7) is 0. The molecule has 4 fully saturated rings. The van der Waals surface area contributed by atoms with Crippen LogP contribution in [0.1, 0.15) is 43.2 Å². The first-order chi connectivity index (χ1) is 23.3. The molecular formula is C46H37N. The Kier molecular flexibility index (Phi) is 5.34. The summed E-state index contributed by atoms with van der Waals surface area (Å²) in [5.41, 5.74) is 15.3. The molecule has 0 radical (unpaired) electrons. The van der Waals surface area contributed by atoms with Gasteiger partial charge in [0.25, 0.3) is 0 Å². The summed E-state index contributed by atoms with van der Waals surface area (Å²) in [5, 5.41) is 2.61. The van der Waals surface area contributed by atoms with Crippen molar-refractivity contribution in [3.05, 3.63) is 151 Å². The van der Waals surface area contributed by atoms with Gasteiger partial charge in [0.15, 0.2) is 0 Å². The molecule has 1 nitrogen and oxygen atoms in total. The Labute approximate surface area is 276 Å². The van der Waals surface area contributed by atoms with Gasteiger partial charge in [0.2, 0.25) is 0 Å². The van der Waals surface area contributed by atoms with Crippen LogP contribution >= 0.6 is 0 Å². The van der Waals surface area contributed by atoms with Crippen LogP contribution in [0, 0.1) is 23.7 Å². The largest absolute Gasteiger partial charge is 0.309 e. The maximum Gasteiger partial charge on any atom is 0.0541 e. The molecule has 1 heterocycles. The third-order valence-electron chi connectivity index (χ3n) is 12.8. The van der Waals surface area contributed by atoms with Gasteiger partial charge < -0.3 is 4.57 Å². The molecule has 1 heteroatoms. The van der Waals surface area contributed by atoms with E-state index in [1.165, 1.54) is 93.0 Å². The summed E-state index contributed by atoms with van der Waals surface area (Å²) in [7, 11) is 0. The highest BCUT2D eigenvalue weighted by Gasteiger charge is 2.61. The summed E-state index contributed by atoms with van der Waals surface area (Å²) in [6, 6.07) is 52.7. The first-order valence-electron chi connectivity index (χ1n) is 17.7. The van der Waals surface area contributed by atoms with E-state index >= 15 is 0 Å². The van der Waals surface area contributed by atoms with Crippen molar-refractivity contribution >= 4 is 21.8 Å². The van der Waals surface area contributed by atoms with Gasteiger partial charge in [-0.3, -0.25) is 0 Å². The fourth-order valence-corrected chi connectivity index (χ4v) is 11.2.